The van der Waals surface area contributed by atoms with E-state index in [-0.39, 0.29) is 0 Å². The number of aromatic nitrogens is 3. The van der Waals surface area contributed by atoms with Crippen LogP contribution < -0.4 is 10.2 Å². The van der Waals surface area contributed by atoms with Gasteiger partial charge in [-0.15, -0.1) is 0 Å². The third-order valence-electron chi connectivity index (χ3n) is 4.26. The van der Waals surface area contributed by atoms with Crippen molar-refractivity contribution in [3.05, 3.63) is 49.1 Å². The molecule has 0 saturated carbocycles. The summed E-state index contributed by atoms with van der Waals surface area (Å²) in [4.78, 5) is 15.7. The smallest absolute Gasteiger partial charge is 0.137 e. The number of pyridine rings is 3. The zero-order valence-corrected chi connectivity index (χ0v) is 13.1. The molecule has 0 spiro atoms. The minimum Gasteiger partial charge on any atom is -0.353 e. The van der Waals surface area contributed by atoms with Gasteiger partial charge >= 0.3 is 0 Å². The first kappa shape index (κ1) is 14.1. The Morgan fingerprint density at radius 1 is 1.13 bits per heavy atom. The van der Waals surface area contributed by atoms with Crippen LogP contribution in [0.5, 0.6) is 0 Å². The number of piperazine rings is 1. The average Bonchev–Trinajstić information content (AvgIpc) is 2.61. The quantitative estimate of drug-likeness (QED) is 0.788. The van der Waals surface area contributed by atoms with Gasteiger partial charge in [-0.3, -0.25) is 9.97 Å². The third-order valence-corrected chi connectivity index (χ3v) is 4.26. The van der Waals surface area contributed by atoms with Gasteiger partial charge in [0.05, 0.1) is 5.69 Å². The lowest BCUT2D eigenvalue weighted by molar-refractivity contribution is 0.483. The molecule has 1 N–H and O–H groups in total. The maximum Gasteiger partial charge on any atom is 0.137 e. The molecule has 0 bridgehead atoms. The van der Waals surface area contributed by atoms with E-state index in [1.807, 2.05) is 24.5 Å². The van der Waals surface area contributed by atoms with Crippen molar-refractivity contribution in [2.45, 2.75) is 13.0 Å². The summed E-state index contributed by atoms with van der Waals surface area (Å²) in [6.07, 6.45) is 7.36. The Hall–Kier alpha value is -2.53. The van der Waals surface area contributed by atoms with Crippen LogP contribution in [-0.2, 0) is 0 Å². The van der Waals surface area contributed by atoms with Crippen LogP contribution in [-0.4, -0.2) is 40.6 Å². The maximum atomic E-state index is 4.97. The number of anilines is 1. The number of hydrogen-bond donors (Lipinski definition) is 1. The summed E-state index contributed by atoms with van der Waals surface area (Å²) in [7, 11) is 0. The van der Waals surface area contributed by atoms with Gasteiger partial charge < -0.3 is 10.2 Å². The zero-order chi connectivity index (χ0) is 15.6. The lowest BCUT2D eigenvalue weighted by Gasteiger charge is -2.33. The predicted octanol–water partition coefficient (Wildman–Crippen LogP) is 2.49. The van der Waals surface area contributed by atoms with Crippen molar-refractivity contribution in [2.24, 2.45) is 0 Å². The van der Waals surface area contributed by atoms with Gasteiger partial charge in [0.1, 0.15) is 5.82 Å². The molecule has 0 radical (unpaired) electrons. The summed E-state index contributed by atoms with van der Waals surface area (Å²) in [5.74, 6) is 1.05. The number of fused-ring (bicyclic) bond motifs is 1. The lowest BCUT2D eigenvalue weighted by Crippen LogP contribution is -2.49. The molecule has 1 fully saturated rings. The standard InChI is InChI=1S/C18H19N5/c1-13-12-23(9-8-21-13)18-16-4-7-20-11-15(16)10-17(22-18)14-2-5-19-6-3-14/h2-7,10-11,13,21H,8-9,12H2,1H3/t13-/m1/s1. The fourth-order valence-corrected chi connectivity index (χ4v) is 3.12. The maximum absolute atomic E-state index is 4.97. The van der Waals surface area contributed by atoms with E-state index in [9.17, 15) is 0 Å². The first-order valence-electron chi connectivity index (χ1n) is 7.95. The van der Waals surface area contributed by atoms with Gasteiger partial charge in [0.2, 0.25) is 0 Å². The Balaban J connectivity index is 1.87. The lowest BCUT2D eigenvalue weighted by atomic mass is 10.1. The fourth-order valence-electron chi connectivity index (χ4n) is 3.12. The number of nitrogens with one attached hydrogen (secondary N) is 1. The molecule has 4 heterocycles. The fraction of sp³-hybridized carbons (Fsp3) is 0.278. The van der Waals surface area contributed by atoms with Crippen molar-refractivity contribution in [1.82, 2.24) is 20.3 Å². The van der Waals surface area contributed by atoms with E-state index >= 15 is 0 Å². The van der Waals surface area contributed by atoms with E-state index in [1.165, 1.54) is 0 Å². The van der Waals surface area contributed by atoms with E-state index in [4.69, 9.17) is 4.98 Å². The second kappa shape index (κ2) is 5.93. The molecule has 0 amide bonds. The Morgan fingerprint density at radius 2 is 1.96 bits per heavy atom. The molecule has 1 atom stereocenters. The summed E-state index contributed by atoms with van der Waals surface area (Å²) in [6, 6.07) is 8.61. The molecule has 1 aliphatic rings. The second-order valence-corrected chi connectivity index (χ2v) is 5.96. The van der Waals surface area contributed by atoms with Crippen LogP contribution in [0.3, 0.4) is 0 Å². The SMILES string of the molecule is C[C@@H]1CN(c2nc(-c3ccncc3)cc3cnccc23)CCN1. The van der Waals surface area contributed by atoms with Crippen LogP contribution in [0.4, 0.5) is 5.82 Å². The van der Waals surface area contributed by atoms with Crippen molar-refractivity contribution in [2.75, 3.05) is 24.5 Å². The van der Waals surface area contributed by atoms with Gasteiger partial charge in [-0.25, -0.2) is 4.98 Å². The molecule has 4 rings (SSSR count). The van der Waals surface area contributed by atoms with Crippen LogP contribution in [0.1, 0.15) is 6.92 Å². The minimum atomic E-state index is 0.465. The Labute approximate surface area is 135 Å². The Kier molecular flexibility index (Phi) is 3.63. The second-order valence-electron chi connectivity index (χ2n) is 5.96. The highest BCUT2D eigenvalue weighted by molar-refractivity contribution is 5.94. The first-order valence-corrected chi connectivity index (χ1v) is 7.95. The molecule has 5 heteroatoms. The van der Waals surface area contributed by atoms with Crippen molar-refractivity contribution in [1.29, 1.82) is 0 Å². The van der Waals surface area contributed by atoms with Crippen molar-refractivity contribution in [3.63, 3.8) is 0 Å². The van der Waals surface area contributed by atoms with Crippen LogP contribution >= 0.6 is 0 Å². The molecule has 0 aromatic carbocycles. The molecular formula is C18H19N5. The number of nitrogens with zero attached hydrogens (tertiary/aromatic N) is 4. The third kappa shape index (κ3) is 2.75. The van der Waals surface area contributed by atoms with E-state index in [2.05, 4.69) is 39.2 Å². The molecule has 1 aliphatic heterocycles. The summed E-state index contributed by atoms with van der Waals surface area (Å²) in [5, 5.41) is 5.77. The molecule has 116 valence electrons. The highest BCUT2D eigenvalue weighted by atomic mass is 15.2. The van der Waals surface area contributed by atoms with E-state index in [1.54, 1.807) is 12.4 Å². The molecule has 3 aromatic heterocycles. The van der Waals surface area contributed by atoms with Crippen molar-refractivity contribution < 1.29 is 0 Å². The predicted molar refractivity (Wildman–Crippen MR) is 92.4 cm³/mol. The Morgan fingerprint density at radius 3 is 2.78 bits per heavy atom. The average molecular weight is 305 g/mol. The normalized spacial score (nSPS) is 18.3. The topological polar surface area (TPSA) is 53.9 Å². The van der Waals surface area contributed by atoms with Gasteiger partial charge in [0, 0.05) is 66.8 Å². The number of rotatable bonds is 2. The Bertz CT molecular complexity index is 818. The van der Waals surface area contributed by atoms with Crippen LogP contribution in [0.15, 0.2) is 49.1 Å². The van der Waals surface area contributed by atoms with Gasteiger partial charge in [0.25, 0.3) is 0 Å². The molecular weight excluding hydrogens is 286 g/mol. The molecule has 0 unspecified atom stereocenters. The van der Waals surface area contributed by atoms with Crippen molar-refractivity contribution in [3.8, 4) is 11.3 Å². The molecule has 23 heavy (non-hydrogen) atoms. The first-order chi connectivity index (χ1) is 11.3. The summed E-state index contributed by atoms with van der Waals surface area (Å²) in [5.41, 5.74) is 2.05. The van der Waals surface area contributed by atoms with Crippen molar-refractivity contribution >= 4 is 16.6 Å². The van der Waals surface area contributed by atoms with E-state index in [0.717, 1.165) is 47.5 Å². The molecule has 3 aromatic rings. The largest absolute Gasteiger partial charge is 0.353 e. The van der Waals surface area contributed by atoms with Gasteiger partial charge in [-0.1, -0.05) is 0 Å². The van der Waals surface area contributed by atoms with Gasteiger partial charge in [-0.2, -0.15) is 0 Å². The summed E-state index contributed by atoms with van der Waals surface area (Å²) >= 11 is 0. The van der Waals surface area contributed by atoms with Crippen LogP contribution in [0.25, 0.3) is 22.0 Å². The molecule has 5 nitrogen and oxygen atoms in total. The summed E-state index contributed by atoms with van der Waals surface area (Å²) in [6.45, 7) is 5.12. The highest BCUT2D eigenvalue weighted by Gasteiger charge is 2.20. The highest BCUT2D eigenvalue weighted by Crippen LogP contribution is 2.29. The van der Waals surface area contributed by atoms with E-state index in [0.29, 0.717) is 6.04 Å². The van der Waals surface area contributed by atoms with Gasteiger partial charge in [0.15, 0.2) is 0 Å². The zero-order valence-electron chi connectivity index (χ0n) is 13.1. The summed E-state index contributed by atoms with van der Waals surface area (Å²) < 4.78 is 0. The van der Waals surface area contributed by atoms with Crippen LogP contribution in [0, 0.1) is 0 Å². The van der Waals surface area contributed by atoms with E-state index < -0.39 is 0 Å². The monoisotopic (exact) mass is 305 g/mol. The number of hydrogen-bond acceptors (Lipinski definition) is 5. The molecule has 0 aliphatic carbocycles. The van der Waals surface area contributed by atoms with Crippen LogP contribution in [0.2, 0.25) is 0 Å². The van der Waals surface area contributed by atoms with Gasteiger partial charge in [-0.05, 0) is 31.2 Å². The molecule has 1 saturated heterocycles. The minimum absolute atomic E-state index is 0.465.